The van der Waals surface area contributed by atoms with Crippen LogP contribution in [0.3, 0.4) is 0 Å². The van der Waals surface area contributed by atoms with E-state index < -0.39 is 29.0 Å². The number of carbonyl (C=O) groups is 3. The van der Waals surface area contributed by atoms with Gasteiger partial charge in [-0.25, -0.2) is 14.4 Å². The van der Waals surface area contributed by atoms with Gasteiger partial charge in [0, 0.05) is 48.0 Å². The average Bonchev–Trinajstić information content (AvgIpc) is 0.977. The molecule has 0 heterocycles. The first-order valence-corrected chi connectivity index (χ1v) is 39.3. The van der Waals surface area contributed by atoms with Crippen molar-refractivity contribution in [3.8, 4) is 60.2 Å². The number of hydrogen-bond donors (Lipinski definition) is 4. The predicted octanol–water partition coefficient (Wildman–Crippen LogP) is 17.4. The predicted molar refractivity (Wildman–Crippen MR) is 456 cm³/mol. The van der Waals surface area contributed by atoms with Gasteiger partial charge in [-0.3, -0.25) is 25.8 Å². The number of nitrogens with zero attached hydrogens (tertiary/aromatic N) is 2. The van der Waals surface area contributed by atoms with Gasteiger partial charge in [-0.05, 0) is 153 Å². The summed E-state index contributed by atoms with van der Waals surface area (Å²) in [4.78, 5) is 38.0. The maximum Gasteiger partial charge on any atom is 0.384 e. The Bertz CT molecular complexity index is 5090. The molecule has 11 aromatic carbocycles. The van der Waals surface area contributed by atoms with Crippen LogP contribution in [0, 0.1) is 60.2 Å². The molecule has 0 saturated heterocycles. The zero-order valence-electron chi connectivity index (χ0n) is 64.9. The van der Waals surface area contributed by atoms with E-state index in [1.165, 1.54) is 99.4 Å². The highest BCUT2D eigenvalue weighted by Gasteiger charge is 2.48. The molecule has 11 nitrogen and oxygen atoms in total. The lowest BCUT2D eigenvalue weighted by Crippen LogP contribution is -2.49. The van der Waals surface area contributed by atoms with Gasteiger partial charge in [-0.2, -0.15) is 0 Å². The van der Waals surface area contributed by atoms with Crippen LogP contribution in [0.5, 0.6) is 0 Å². The highest BCUT2D eigenvalue weighted by atomic mass is 16.5. The Balaban J connectivity index is 0.000000139. The van der Waals surface area contributed by atoms with Crippen LogP contribution < -0.4 is 16.0 Å². The SMILES string of the molecule is C#CCN([C@@H]1CCc2ccccc21)C(c1ccccc1)(c1ccccc1)c1ccccc1.C#CCN[C@@H]1CCc2ccccc21.COC(=O)C#CCN([C@@H]1CCc2ccccc21)C(c1ccccc1)(c1ccccc1)c1ccccc1.COC(=O)C#CCN[C@@H]1CCc2ccccc21.O=C(O)C#CCN[C@@H]1CCc2ccccc21. The molecule has 5 aliphatic rings. The summed E-state index contributed by atoms with van der Waals surface area (Å²) in [5, 5.41) is 18.3. The molecule has 16 rings (SSSR count). The van der Waals surface area contributed by atoms with Crippen LogP contribution in [-0.4, -0.2) is 79.8 Å². The number of fused-ring (bicyclic) bond motifs is 5. The van der Waals surface area contributed by atoms with Gasteiger partial charge in [0.15, 0.2) is 0 Å². The number of benzene rings is 11. The standard InChI is InChI=1S/C33H29NO2.C31H27N.C14H15NO2.C13H13NO2.C12H13N/c1-36-32(35)22-13-25-34(31-24-23-26-14-11-12-21-30(26)31)33(27-15-5-2-6-16-27,28-17-7-3-8-18-28)29-19-9-4-10-20-29;1-2-24-32(30-23-22-25-14-12-13-21-29(25)30)31(26-15-6-3-7-16-26,27-17-8-4-9-18-27)28-19-10-5-11-20-28;1-17-14(16)7-4-10-15-13-9-8-11-5-2-3-6-12(11)13;15-13(16)6-3-9-14-12-8-7-10-4-1-2-5-11(10)12;1-2-9-13-12-8-7-10-5-3-4-6-11(10)12/h2-12,14-21,31H,23-25H2,1H3;1,3-21,30H,22-24H2;2-3,5-6,13,15H,8-10H2,1H3;1-2,4-5,12,14H,7-9H2,(H,15,16);1,3-6,12-13H,7-9H2/t31-;30-;13-;2*12-/m11111/s1. The Morgan fingerprint density at radius 3 is 0.912 bits per heavy atom. The maximum absolute atomic E-state index is 12.0. The van der Waals surface area contributed by atoms with E-state index in [-0.39, 0.29) is 12.1 Å². The Labute approximate surface area is 673 Å². The minimum Gasteiger partial charge on any atom is -0.472 e. The number of aliphatic carboxylic acids is 1. The maximum atomic E-state index is 12.0. The summed E-state index contributed by atoms with van der Waals surface area (Å²) in [7, 11) is 2.70. The summed E-state index contributed by atoms with van der Waals surface area (Å²) in [6, 6.07) is 109. The summed E-state index contributed by atoms with van der Waals surface area (Å²) >= 11 is 0. The van der Waals surface area contributed by atoms with E-state index in [2.05, 4.69) is 369 Å². The molecule has 0 radical (unpaired) electrons. The lowest BCUT2D eigenvalue weighted by Gasteiger charge is -2.48. The molecule has 0 saturated carbocycles. The van der Waals surface area contributed by atoms with Crippen LogP contribution in [0.15, 0.2) is 303 Å². The molecule has 0 fully saturated rings. The summed E-state index contributed by atoms with van der Waals surface area (Å²) in [6.45, 7) is 2.54. The van der Waals surface area contributed by atoms with Gasteiger partial charge in [-0.1, -0.05) is 333 Å². The summed E-state index contributed by atoms with van der Waals surface area (Å²) in [5.41, 5.74) is 19.9. The van der Waals surface area contributed by atoms with Crippen LogP contribution in [0.25, 0.3) is 0 Å². The number of rotatable bonds is 18. The minimum atomic E-state index is -1.08. The fourth-order valence-corrected chi connectivity index (χ4v) is 17.2. The van der Waals surface area contributed by atoms with Crippen molar-refractivity contribution in [2.75, 3.05) is 46.9 Å². The number of aryl methyl sites for hydroxylation is 5. The van der Waals surface area contributed by atoms with Crippen molar-refractivity contribution in [1.29, 1.82) is 0 Å². The Morgan fingerprint density at radius 2 is 0.605 bits per heavy atom. The molecule has 4 N–H and O–H groups in total. The van der Waals surface area contributed by atoms with E-state index in [0.29, 0.717) is 50.8 Å². The highest BCUT2D eigenvalue weighted by Crippen LogP contribution is 2.52. The second-order valence-corrected chi connectivity index (χ2v) is 28.5. The van der Waals surface area contributed by atoms with Crippen LogP contribution >= 0.6 is 0 Å². The van der Waals surface area contributed by atoms with E-state index in [0.717, 1.165) is 68.1 Å². The number of carbonyl (C=O) groups excluding carboxylic acids is 2. The van der Waals surface area contributed by atoms with Gasteiger partial charge < -0.3 is 14.6 Å². The first-order valence-electron chi connectivity index (χ1n) is 39.3. The van der Waals surface area contributed by atoms with Crippen LogP contribution in [-0.2, 0) is 67.0 Å². The van der Waals surface area contributed by atoms with E-state index in [9.17, 15) is 14.4 Å². The number of carboxylic acids is 1. The molecule has 114 heavy (non-hydrogen) atoms. The fraction of sp³-hybridized carbons (Fsp3) is 0.233. The Morgan fingerprint density at radius 1 is 0.342 bits per heavy atom. The topological polar surface area (TPSA) is 132 Å². The van der Waals surface area contributed by atoms with Crippen LogP contribution in [0.4, 0.5) is 0 Å². The van der Waals surface area contributed by atoms with Crippen molar-refractivity contribution >= 4 is 17.9 Å². The van der Waals surface area contributed by atoms with Crippen molar-refractivity contribution < 1.29 is 29.0 Å². The minimum absolute atomic E-state index is 0.119. The van der Waals surface area contributed by atoms with Gasteiger partial charge in [0.05, 0.1) is 58.0 Å². The molecular formula is C103H97N5O6. The van der Waals surface area contributed by atoms with Crippen LogP contribution in [0.1, 0.15) is 151 Å². The van der Waals surface area contributed by atoms with Gasteiger partial charge >= 0.3 is 17.9 Å². The molecular weight excluding hydrogens is 1400 g/mol. The third kappa shape index (κ3) is 19.5. The van der Waals surface area contributed by atoms with Crippen molar-refractivity contribution in [3.63, 3.8) is 0 Å². The molecule has 11 heteroatoms. The van der Waals surface area contributed by atoms with E-state index in [4.69, 9.17) is 22.7 Å². The number of carboxylic acid groups (broad SMARTS) is 1. The Kier molecular flexibility index (Phi) is 29.2. The molecule has 5 atom stereocenters. The highest BCUT2D eigenvalue weighted by molar-refractivity contribution is 5.88. The summed E-state index contributed by atoms with van der Waals surface area (Å²) in [6.07, 6.45) is 22.1. The smallest absolute Gasteiger partial charge is 0.384 e. The van der Waals surface area contributed by atoms with Gasteiger partial charge in [0.2, 0.25) is 0 Å². The first-order chi connectivity index (χ1) is 56.1. The molecule has 570 valence electrons. The number of nitrogens with one attached hydrogen (secondary N) is 3. The van der Waals surface area contributed by atoms with Gasteiger partial charge in [0.1, 0.15) is 0 Å². The van der Waals surface area contributed by atoms with Crippen molar-refractivity contribution in [2.24, 2.45) is 0 Å². The monoisotopic (exact) mass is 1500 g/mol. The second-order valence-electron chi connectivity index (χ2n) is 28.5. The third-order valence-electron chi connectivity index (χ3n) is 22.1. The molecule has 5 aliphatic carbocycles. The number of esters is 2. The molecule has 11 aromatic rings. The zero-order valence-corrected chi connectivity index (χ0v) is 64.9. The largest absolute Gasteiger partial charge is 0.472 e. The molecule has 0 unspecified atom stereocenters. The molecule has 0 bridgehead atoms. The first kappa shape index (κ1) is 80.9. The van der Waals surface area contributed by atoms with Crippen molar-refractivity contribution in [3.05, 3.63) is 392 Å². The lowest BCUT2D eigenvalue weighted by molar-refractivity contribution is -0.134. The third-order valence-corrected chi connectivity index (χ3v) is 22.1. The number of ether oxygens (including phenoxy) is 2. The van der Waals surface area contributed by atoms with E-state index in [1.807, 2.05) is 12.1 Å². The van der Waals surface area contributed by atoms with E-state index in [1.54, 1.807) is 0 Å². The normalized spacial score (nSPS) is 16.1. The molecule has 0 amide bonds. The van der Waals surface area contributed by atoms with Crippen LogP contribution in [0.2, 0.25) is 0 Å². The number of hydrogen-bond acceptors (Lipinski definition) is 10. The lowest BCUT2D eigenvalue weighted by atomic mass is 9.74. The fourth-order valence-electron chi connectivity index (χ4n) is 17.2. The summed E-state index contributed by atoms with van der Waals surface area (Å²) < 4.78 is 9.26. The number of terminal acetylenes is 2. The zero-order chi connectivity index (χ0) is 79.2. The molecule has 0 aliphatic heterocycles. The number of methoxy groups -OCH3 is 2. The van der Waals surface area contributed by atoms with E-state index >= 15 is 0 Å². The van der Waals surface area contributed by atoms with Crippen molar-refractivity contribution in [1.82, 2.24) is 25.8 Å². The summed E-state index contributed by atoms with van der Waals surface area (Å²) in [5.74, 6) is 19.2. The second kappa shape index (κ2) is 41.1. The van der Waals surface area contributed by atoms with Gasteiger partial charge in [0.25, 0.3) is 0 Å². The van der Waals surface area contributed by atoms with Gasteiger partial charge in [-0.15, -0.1) is 12.8 Å². The van der Waals surface area contributed by atoms with Crippen molar-refractivity contribution in [2.45, 2.75) is 105 Å². The quantitative estimate of drug-likeness (QED) is 0.0283. The Hall–Kier alpha value is -12.6. The molecule has 0 spiro atoms. The average molecular weight is 1500 g/mol. The molecule has 0 aromatic heterocycles.